The predicted molar refractivity (Wildman–Crippen MR) is 77.3 cm³/mol. The second-order valence-corrected chi connectivity index (χ2v) is 5.19. The molecule has 19 heavy (non-hydrogen) atoms. The van der Waals surface area contributed by atoms with Crippen molar-refractivity contribution in [2.45, 2.75) is 23.5 Å². The van der Waals surface area contributed by atoms with E-state index in [4.69, 9.17) is 22.1 Å². The topological polar surface area (TPSA) is 61.0 Å². The summed E-state index contributed by atoms with van der Waals surface area (Å²) >= 11 is 7.57. The van der Waals surface area contributed by atoms with Crippen molar-refractivity contribution < 1.29 is 4.74 Å². The molecule has 2 aromatic rings. The lowest BCUT2D eigenvalue weighted by molar-refractivity contribution is 0.128. The second-order valence-electron chi connectivity index (χ2n) is 3.72. The predicted octanol–water partition coefficient (Wildman–Crippen LogP) is 3.40. The number of nitrogens with zero attached hydrogens (tertiary/aromatic N) is 2. The maximum Gasteiger partial charge on any atom is 0.157 e. The molecule has 0 saturated heterocycles. The van der Waals surface area contributed by atoms with Gasteiger partial charge < -0.3 is 10.5 Å². The first kappa shape index (κ1) is 14.1. The van der Waals surface area contributed by atoms with Crippen molar-refractivity contribution in [1.82, 2.24) is 9.97 Å². The summed E-state index contributed by atoms with van der Waals surface area (Å²) in [4.78, 5) is 9.46. The van der Waals surface area contributed by atoms with Crippen LogP contribution in [0, 0.1) is 0 Å². The largest absolute Gasteiger partial charge is 0.384 e. The van der Waals surface area contributed by atoms with Gasteiger partial charge in [0, 0.05) is 17.6 Å². The van der Waals surface area contributed by atoms with Crippen LogP contribution < -0.4 is 5.73 Å². The maximum absolute atomic E-state index is 6.12. The summed E-state index contributed by atoms with van der Waals surface area (Å²) in [7, 11) is 0. The highest BCUT2D eigenvalue weighted by Gasteiger charge is 2.07. The molecular formula is C13H14ClN3OS. The molecule has 1 heterocycles. The number of hydrogen-bond donors (Lipinski definition) is 1. The molecule has 100 valence electrons. The van der Waals surface area contributed by atoms with Crippen LogP contribution >= 0.6 is 23.4 Å². The summed E-state index contributed by atoms with van der Waals surface area (Å²) in [5.41, 5.74) is 5.77. The van der Waals surface area contributed by atoms with Gasteiger partial charge in [0.2, 0.25) is 0 Å². The number of nitrogen functional groups attached to an aromatic ring is 1. The first-order valence-corrected chi connectivity index (χ1v) is 7.02. The third kappa shape index (κ3) is 4.09. The first-order valence-electron chi connectivity index (χ1n) is 5.82. The van der Waals surface area contributed by atoms with Gasteiger partial charge in [-0.3, -0.25) is 0 Å². The van der Waals surface area contributed by atoms with Crippen LogP contribution in [0.1, 0.15) is 12.7 Å². The summed E-state index contributed by atoms with van der Waals surface area (Å²) in [6.45, 7) is 2.90. The van der Waals surface area contributed by atoms with E-state index in [1.165, 1.54) is 11.8 Å². The smallest absolute Gasteiger partial charge is 0.157 e. The molecular weight excluding hydrogens is 282 g/mol. The van der Waals surface area contributed by atoms with Gasteiger partial charge in [-0.25, -0.2) is 9.97 Å². The maximum atomic E-state index is 6.12. The minimum absolute atomic E-state index is 0.359. The van der Waals surface area contributed by atoms with Crippen LogP contribution in [0.2, 0.25) is 5.02 Å². The van der Waals surface area contributed by atoms with Gasteiger partial charge >= 0.3 is 0 Å². The highest BCUT2D eigenvalue weighted by Crippen LogP contribution is 2.32. The van der Waals surface area contributed by atoms with Gasteiger partial charge in [-0.15, -0.1) is 0 Å². The van der Waals surface area contributed by atoms with E-state index >= 15 is 0 Å². The minimum atomic E-state index is 0.359. The van der Waals surface area contributed by atoms with Crippen molar-refractivity contribution in [2.75, 3.05) is 12.3 Å². The van der Waals surface area contributed by atoms with Crippen LogP contribution in [-0.2, 0) is 11.3 Å². The standard InChI is InChI=1S/C13H14ClN3OS/c1-2-18-8-12-16-11(15)7-13(17-12)19-10-6-4-3-5-9(10)14/h3-7H,2,8H2,1H3,(H2,15,16,17). The Bertz CT molecular complexity index is 565. The van der Waals surface area contributed by atoms with E-state index in [2.05, 4.69) is 9.97 Å². The summed E-state index contributed by atoms with van der Waals surface area (Å²) in [6, 6.07) is 9.33. The number of anilines is 1. The van der Waals surface area contributed by atoms with Gasteiger partial charge in [0.25, 0.3) is 0 Å². The molecule has 1 aromatic carbocycles. The third-order valence-corrected chi connectivity index (χ3v) is 3.69. The fraction of sp³-hybridized carbons (Fsp3) is 0.231. The van der Waals surface area contributed by atoms with E-state index in [1.807, 2.05) is 31.2 Å². The van der Waals surface area contributed by atoms with Gasteiger partial charge in [-0.05, 0) is 19.1 Å². The van der Waals surface area contributed by atoms with E-state index in [0.717, 1.165) is 9.92 Å². The molecule has 0 aliphatic rings. The Morgan fingerprint density at radius 1 is 1.32 bits per heavy atom. The van der Waals surface area contributed by atoms with E-state index in [9.17, 15) is 0 Å². The van der Waals surface area contributed by atoms with E-state index in [0.29, 0.717) is 29.9 Å². The SMILES string of the molecule is CCOCc1nc(N)cc(Sc2ccccc2Cl)n1. The van der Waals surface area contributed by atoms with Crippen LogP contribution in [0.4, 0.5) is 5.82 Å². The van der Waals surface area contributed by atoms with Crippen molar-refractivity contribution in [2.24, 2.45) is 0 Å². The molecule has 0 radical (unpaired) electrons. The lowest BCUT2D eigenvalue weighted by Crippen LogP contribution is -2.03. The van der Waals surface area contributed by atoms with Crippen LogP contribution in [0.3, 0.4) is 0 Å². The molecule has 6 heteroatoms. The fourth-order valence-corrected chi connectivity index (χ4v) is 2.56. The molecule has 0 unspecified atom stereocenters. The molecule has 0 saturated carbocycles. The number of hydrogen-bond acceptors (Lipinski definition) is 5. The normalized spacial score (nSPS) is 10.6. The summed E-state index contributed by atoms with van der Waals surface area (Å²) < 4.78 is 5.29. The van der Waals surface area contributed by atoms with Crippen LogP contribution in [0.15, 0.2) is 40.3 Å². The Morgan fingerprint density at radius 2 is 2.11 bits per heavy atom. The molecule has 0 spiro atoms. The van der Waals surface area contributed by atoms with E-state index in [-0.39, 0.29) is 0 Å². The van der Waals surface area contributed by atoms with Crippen molar-refractivity contribution in [3.63, 3.8) is 0 Å². The Hall–Kier alpha value is -1.30. The van der Waals surface area contributed by atoms with Gasteiger partial charge in [-0.2, -0.15) is 0 Å². The molecule has 0 fully saturated rings. The number of halogens is 1. The molecule has 0 aliphatic heterocycles. The molecule has 0 atom stereocenters. The molecule has 2 N–H and O–H groups in total. The number of aromatic nitrogens is 2. The van der Waals surface area contributed by atoms with Crippen LogP contribution in [0.25, 0.3) is 0 Å². The number of rotatable bonds is 5. The highest BCUT2D eigenvalue weighted by molar-refractivity contribution is 7.99. The van der Waals surface area contributed by atoms with Crippen molar-refractivity contribution in [3.05, 3.63) is 41.2 Å². The first-order chi connectivity index (χ1) is 9.19. The monoisotopic (exact) mass is 295 g/mol. The van der Waals surface area contributed by atoms with Crippen molar-refractivity contribution >= 4 is 29.2 Å². The molecule has 4 nitrogen and oxygen atoms in total. The van der Waals surface area contributed by atoms with Crippen molar-refractivity contribution in [1.29, 1.82) is 0 Å². The van der Waals surface area contributed by atoms with Gasteiger partial charge in [0.1, 0.15) is 17.5 Å². The zero-order chi connectivity index (χ0) is 13.7. The zero-order valence-electron chi connectivity index (χ0n) is 10.5. The number of benzene rings is 1. The quantitative estimate of drug-likeness (QED) is 0.857. The molecule has 0 amide bonds. The van der Waals surface area contributed by atoms with Gasteiger partial charge in [0.15, 0.2) is 5.82 Å². The zero-order valence-corrected chi connectivity index (χ0v) is 12.0. The van der Waals surface area contributed by atoms with Gasteiger partial charge in [-0.1, -0.05) is 35.5 Å². The Kier molecular flexibility index (Phi) is 5.01. The molecule has 0 aliphatic carbocycles. The lowest BCUT2D eigenvalue weighted by Gasteiger charge is -2.06. The molecule has 1 aromatic heterocycles. The highest BCUT2D eigenvalue weighted by atomic mass is 35.5. The lowest BCUT2D eigenvalue weighted by atomic mass is 10.4. The second kappa shape index (κ2) is 6.75. The Morgan fingerprint density at radius 3 is 2.84 bits per heavy atom. The van der Waals surface area contributed by atoms with Crippen LogP contribution in [-0.4, -0.2) is 16.6 Å². The van der Waals surface area contributed by atoms with E-state index < -0.39 is 0 Å². The Labute approximate surface area is 121 Å². The molecule has 2 rings (SSSR count). The number of nitrogens with two attached hydrogens (primary N) is 1. The third-order valence-electron chi connectivity index (χ3n) is 2.26. The van der Waals surface area contributed by atoms with Crippen molar-refractivity contribution in [3.8, 4) is 0 Å². The van der Waals surface area contributed by atoms with Crippen LogP contribution in [0.5, 0.6) is 0 Å². The fourth-order valence-electron chi connectivity index (χ4n) is 1.44. The average Bonchev–Trinajstić information content (AvgIpc) is 2.38. The minimum Gasteiger partial charge on any atom is -0.384 e. The summed E-state index contributed by atoms with van der Waals surface area (Å²) in [5, 5.41) is 1.45. The van der Waals surface area contributed by atoms with Gasteiger partial charge in [0.05, 0.1) is 5.02 Å². The summed E-state index contributed by atoms with van der Waals surface area (Å²) in [5.74, 6) is 1.01. The Balaban J connectivity index is 2.20. The number of ether oxygens (including phenoxy) is 1. The average molecular weight is 296 g/mol. The molecule has 0 bridgehead atoms. The summed E-state index contributed by atoms with van der Waals surface area (Å²) in [6.07, 6.45) is 0. The van der Waals surface area contributed by atoms with E-state index in [1.54, 1.807) is 6.07 Å².